The van der Waals surface area contributed by atoms with Crippen LogP contribution in [0.2, 0.25) is 0 Å². The molecule has 142 valence electrons. The quantitative estimate of drug-likeness (QED) is 0.656. The summed E-state index contributed by atoms with van der Waals surface area (Å²) in [6, 6.07) is 13.2. The number of hydrogen-bond acceptors (Lipinski definition) is 6. The van der Waals surface area contributed by atoms with Crippen LogP contribution in [-0.4, -0.2) is 31.2 Å². The van der Waals surface area contributed by atoms with Gasteiger partial charge in [0.25, 0.3) is 0 Å². The number of carbonyl (C=O) groups excluding carboxylic acids is 1. The van der Waals surface area contributed by atoms with Crippen LogP contribution in [0.4, 0.5) is 5.13 Å². The number of carbonyl (C=O) groups is 1. The van der Waals surface area contributed by atoms with Crippen molar-refractivity contribution in [3.05, 3.63) is 59.5 Å². The minimum Gasteiger partial charge on any atom is -0.497 e. The highest BCUT2D eigenvalue weighted by Crippen LogP contribution is 2.35. The number of nitrogens with zero attached hydrogens (tertiary/aromatic N) is 1. The van der Waals surface area contributed by atoms with E-state index in [4.69, 9.17) is 14.2 Å². The lowest BCUT2D eigenvalue weighted by molar-refractivity contribution is -0.111. The van der Waals surface area contributed by atoms with Gasteiger partial charge in [0, 0.05) is 17.0 Å². The highest BCUT2D eigenvalue weighted by molar-refractivity contribution is 7.14. The lowest BCUT2D eigenvalue weighted by atomic mass is 10.1. The van der Waals surface area contributed by atoms with Crippen molar-refractivity contribution in [2.45, 2.75) is 0 Å². The maximum atomic E-state index is 12.2. The summed E-state index contributed by atoms with van der Waals surface area (Å²) < 4.78 is 16.3. The molecule has 0 saturated heterocycles. The number of nitrogens with one attached hydrogen (secondary N) is 1. The van der Waals surface area contributed by atoms with Crippen LogP contribution in [0.5, 0.6) is 17.2 Å². The molecule has 0 radical (unpaired) electrons. The zero-order valence-electron chi connectivity index (χ0n) is 15.2. The number of amides is 1. The van der Waals surface area contributed by atoms with Crippen molar-refractivity contribution in [2.24, 2.45) is 0 Å². The fourth-order valence-corrected chi connectivity index (χ4v) is 3.45. The standard InChI is InChI=1S/C21H18N2O4S/c1-25-16-4-2-3-14(11-16)5-8-20(24)23-21-22-17(13-28-21)15-6-7-18-19(12-15)27-10-9-26-18/h2-8,11-13H,9-10H2,1H3,(H,22,23,24)/b8-5+. The van der Waals surface area contributed by atoms with Gasteiger partial charge in [-0.25, -0.2) is 4.98 Å². The van der Waals surface area contributed by atoms with Gasteiger partial charge in [-0.05, 0) is 42.0 Å². The molecule has 0 fully saturated rings. The lowest BCUT2D eigenvalue weighted by Crippen LogP contribution is -2.15. The number of methoxy groups -OCH3 is 1. The number of thiazole rings is 1. The zero-order chi connectivity index (χ0) is 19.3. The SMILES string of the molecule is COc1cccc(/C=C/C(=O)Nc2nc(-c3ccc4c(c3)OCCO4)cs2)c1. The van der Waals surface area contributed by atoms with Crippen molar-refractivity contribution >= 4 is 28.5 Å². The first-order valence-electron chi connectivity index (χ1n) is 8.70. The van der Waals surface area contributed by atoms with Crippen LogP contribution in [0, 0.1) is 0 Å². The Bertz CT molecular complexity index is 1030. The first-order chi connectivity index (χ1) is 13.7. The molecule has 1 amide bonds. The van der Waals surface area contributed by atoms with Gasteiger partial charge in [-0.15, -0.1) is 11.3 Å². The monoisotopic (exact) mass is 394 g/mol. The molecule has 7 heteroatoms. The molecule has 2 heterocycles. The molecule has 0 saturated carbocycles. The Kier molecular flexibility index (Phi) is 5.25. The molecule has 28 heavy (non-hydrogen) atoms. The molecule has 0 atom stereocenters. The maximum Gasteiger partial charge on any atom is 0.250 e. The van der Waals surface area contributed by atoms with Crippen molar-refractivity contribution in [1.82, 2.24) is 4.98 Å². The molecule has 1 aromatic heterocycles. The smallest absolute Gasteiger partial charge is 0.250 e. The Hall–Kier alpha value is -3.32. The van der Waals surface area contributed by atoms with Gasteiger partial charge in [-0.1, -0.05) is 12.1 Å². The molecule has 1 aliphatic rings. The largest absolute Gasteiger partial charge is 0.497 e. The normalized spacial score (nSPS) is 12.8. The van der Waals surface area contributed by atoms with Crippen LogP contribution in [0.1, 0.15) is 5.56 Å². The fraction of sp³-hybridized carbons (Fsp3) is 0.143. The summed E-state index contributed by atoms with van der Waals surface area (Å²) in [5.74, 6) is 1.95. The zero-order valence-corrected chi connectivity index (χ0v) is 16.0. The molecule has 1 aliphatic heterocycles. The molecule has 6 nitrogen and oxygen atoms in total. The Balaban J connectivity index is 1.43. The van der Waals surface area contributed by atoms with Crippen molar-refractivity contribution in [1.29, 1.82) is 0 Å². The number of rotatable bonds is 5. The van der Waals surface area contributed by atoms with E-state index in [1.165, 1.54) is 17.4 Å². The first-order valence-corrected chi connectivity index (χ1v) is 9.58. The van der Waals surface area contributed by atoms with Gasteiger partial charge in [0.1, 0.15) is 19.0 Å². The van der Waals surface area contributed by atoms with E-state index in [0.29, 0.717) is 24.1 Å². The summed E-state index contributed by atoms with van der Waals surface area (Å²) in [7, 11) is 1.61. The summed E-state index contributed by atoms with van der Waals surface area (Å²) in [6.07, 6.45) is 3.20. The summed E-state index contributed by atoms with van der Waals surface area (Å²) in [4.78, 5) is 16.7. The molecule has 0 bridgehead atoms. The summed E-state index contributed by atoms with van der Waals surface area (Å²) in [5.41, 5.74) is 2.56. The van der Waals surface area contributed by atoms with Crippen LogP contribution in [0.25, 0.3) is 17.3 Å². The van der Waals surface area contributed by atoms with E-state index < -0.39 is 0 Å². The molecular weight excluding hydrogens is 376 g/mol. The third kappa shape index (κ3) is 4.15. The van der Waals surface area contributed by atoms with E-state index in [9.17, 15) is 4.79 Å². The van der Waals surface area contributed by atoms with Gasteiger partial charge in [0.05, 0.1) is 12.8 Å². The predicted octanol–water partition coefficient (Wildman–Crippen LogP) is 4.24. The van der Waals surface area contributed by atoms with Crippen LogP contribution >= 0.6 is 11.3 Å². The van der Waals surface area contributed by atoms with Crippen LogP contribution in [0.15, 0.2) is 53.9 Å². The third-order valence-electron chi connectivity index (χ3n) is 4.09. The second kappa shape index (κ2) is 8.14. The first kappa shape index (κ1) is 18.1. The minimum atomic E-state index is -0.245. The van der Waals surface area contributed by atoms with Gasteiger partial charge < -0.3 is 14.2 Å². The molecule has 0 unspecified atom stereocenters. The van der Waals surface area contributed by atoms with Crippen LogP contribution < -0.4 is 19.5 Å². The Morgan fingerprint density at radius 2 is 2.04 bits per heavy atom. The fourth-order valence-electron chi connectivity index (χ4n) is 2.73. The highest BCUT2D eigenvalue weighted by Gasteiger charge is 2.14. The summed E-state index contributed by atoms with van der Waals surface area (Å²) >= 11 is 1.37. The number of ether oxygens (including phenoxy) is 3. The highest BCUT2D eigenvalue weighted by atomic mass is 32.1. The summed E-state index contributed by atoms with van der Waals surface area (Å²) in [6.45, 7) is 1.09. The topological polar surface area (TPSA) is 69.7 Å². The maximum absolute atomic E-state index is 12.2. The number of aromatic nitrogens is 1. The Labute approximate surface area is 166 Å². The number of hydrogen-bond donors (Lipinski definition) is 1. The molecule has 4 rings (SSSR count). The number of benzene rings is 2. The van der Waals surface area contributed by atoms with Crippen molar-refractivity contribution in [2.75, 3.05) is 25.6 Å². The van der Waals surface area contributed by atoms with Gasteiger partial charge >= 0.3 is 0 Å². The van der Waals surface area contributed by atoms with E-state index in [2.05, 4.69) is 10.3 Å². The molecule has 1 N–H and O–H groups in total. The molecule has 0 spiro atoms. The van der Waals surface area contributed by atoms with E-state index in [-0.39, 0.29) is 5.91 Å². The second-order valence-electron chi connectivity index (χ2n) is 6.00. The Morgan fingerprint density at radius 3 is 2.89 bits per heavy atom. The minimum absolute atomic E-state index is 0.245. The molecule has 3 aromatic rings. The number of anilines is 1. The van der Waals surface area contributed by atoms with Crippen LogP contribution in [0.3, 0.4) is 0 Å². The molecule has 0 aliphatic carbocycles. The van der Waals surface area contributed by atoms with Crippen molar-refractivity contribution in [3.63, 3.8) is 0 Å². The van der Waals surface area contributed by atoms with E-state index in [0.717, 1.165) is 28.3 Å². The average Bonchev–Trinajstić information content (AvgIpc) is 3.20. The summed E-state index contributed by atoms with van der Waals surface area (Å²) in [5, 5.41) is 5.22. The molecular formula is C21H18N2O4S. The third-order valence-corrected chi connectivity index (χ3v) is 4.85. The average molecular weight is 394 g/mol. The van der Waals surface area contributed by atoms with Crippen molar-refractivity contribution < 1.29 is 19.0 Å². The van der Waals surface area contributed by atoms with Crippen LogP contribution in [-0.2, 0) is 4.79 Å². The Morgan fingerprint density at radius 1 is 1.18 bits per heavy atom. The van der Waals surface area contributed by atoms with Gasteiger partial charge in [-0.2, -0.15) is 0 Å². The van der Waals surface area contributed by atoms with E-state index in [1.54, 1.807) is 13.2 Å². The van der Waals surface area contributed by atoms with E-state index in [1.807, 2.05) is 47.8 Å². The molecule has 2 aromatic carbocycles. The number of fused-ring (bicyclic) bond motifs is 1. The second-order valence-corrected chi connectivity index (χ2v) is 6.85. The van der Waals surface area contributed by atoms with E-state index >= 15 is 0 Å². The van der Waals surface area contributed by atoms with Gasteiger partial charge in [-0.3, -0.25) is 10.1 Å². The van der Waals surface area contributed by atoms with Gasteiger partial charge in [0.2, 0.25) is 5.91 Å². The van der Waals surface area contributed by atoms with Crippen molar-refractivity contribution in [3.8, 4) is 28.5 Å². The van der Waals surface area contributed by atoms with Gasteiger partial charge in [0.15, 0.2) is 16.6 Å². The lowest BCUT2D eigenvalue weighted by Gasteiger charge is -2.18. The predicted molar refractivity (Wildman–Crippen MR) is 109 cm³/mol.